The molecule has 0 saturated carbocycles. The Bertz CT molecular complexity index is 800. The molecule has 1 unspecified atom stereocenters. The van der Waals surface area contributed by atoms with Crippen LogP contribution in [0.4, 0.5) is 4.79 Å². The number of likely N-dealkylation sites (N-methyl/N-ethyl adjacent to an activating group) is 1. The van der Waals surface area contributed by atoms with E-state index < -0.39 is 5.60 Å². The van der Waals surface area contributed by atoms with Gasteiger partial charge in [-0.1, -0.05) is 18.2 Å². The van der Waals surface area contributed by atoms with Crippen molar-refractivity contribution in [2.45, 2.75) is 24.9 Å². The number of aromatic amines is 1. The molecule has 1 aromatic heterocycles. The van der Waals surface area contributed by atoms with Gasteiger partial charge in [-0.2, -0.15) is 0 Å². The molecule has 6 nitrogen and oxygen atoms in total. The number of H-pyrrole nitrogens is 1. The molecule has 2 aromatic rings. The minimum atomic E-state index is -0.498. The summed E-state index contributed by atoms with van der Waals surface area (Å²) < 4.78 is 5.50. The lowest BCUT2D eigenvalue weighted by Gasteiger charge is -2.21. The maximum atomic E-state index is 12.5. The summed E-state index contributed by atoms with van der Waals surface area (Å²) >= 11 is 0. The third kappa shape index (κ3) is 2.52. The van der Waals surface area contributed by atoms with Crippen molar-refractivity contribution >= 4 is 22.9 Å². The van der Waals surface area contributed by atoms with Crippen molar-refractivity contribution in [3.8, 4) is 0 Å². The number of aromatic nitrogens is 1. The van der Waals surface area contributed by atoms with E-state index in [9.17, 15) is 9.59 Å². The number of carbonyl (C=O) groups is 2. The summed E-state index contributed by atoms with van der Waals surface area (Å²) in [6.07, 6.45) is 3.61. The summed E-state index contributed by atoms with van der Waals surface area (Å²) in [5, 5.41) is 1.18. The van der Waals surface area contributed by atoms with Crippen LogP contribution in [0, 0.1) is 0 Å². The number of amides is 2. The minimum absolute atomic E-state index is 0.128. The third-order valence-corrected chi connectivity index (χ3v) is 5.09. The Morgan fingerprint density at radius 3 is 2.96 bits per heavy atom. The standard InChI is InChI=1S/C18H21N3O3/c1-20-11-18(24-17(20)23)8-9-21(12-18)16(22)7-6-13-10-19-15-5-3-2-4-14(13)15/h2-5,10,19H,6-9,11-12H2,1H3. The molecule has 2 aliphatic rings. The summed E-state index contributed by atoms with van der Waals surface area (Å²) in [6.45, 7) is 1.74. The number of para-hydroxylation sites is 1. The van der Waals surface area contributed by atoms with Crippen molar-refractivity contribution < 1.29 is 14.3 Å². The van der Waals surface area contributed by atoms with Crippen LogP contribution in [-0.4, -0.2) is 59.1 Å². The van der Waals surface area contributed by atoms with E-state index in [0.717, 1.165) is 11.9 Å². The highest BCUT2D eigenvalue weighted by Gasteiger charge is 2.49. The number of rotatable bonds is 3. The molecular weight excluding hydrogens is 306 g/mol. The van der Waals surface area contributed by atoms with Gasteiger partial charge in [-0.15, -0.1) is 0 Å². The van der Waals surface area contributed by atoms with Gasteiger partial charge in [0.05, 0.1) is 13.1 Å². The Morgan fingerprint density at radius 1 is 1.33 bits per heavy atom. The first kappa shape index (κ1) is 15.1. The molecule has 24 heavy (non-hydrogen) atoms. The first-order chi connectivity index (χ1) is 11.6. The van der Waals surface area contributed by atoms with Crippen molar-refractivity contribution in [3.05, 3.63) is 36.0 Å². The molecule has 3 heterocycles. The fourth-order valence-electron chi connectivity index (χ4n) is 3.80. The first-order valence-corrected chi connectivity index (χ1v) is 8.33. The topological polar surface area (TPSA) is 65.6 Å². The zero-order valence-corrected chi connectivity index (χ0v) is 13.7. The van der Waals surface area contributed by atoms with Crippen LogP contribution < -0.4 is 0 Å². The summed E-state index contributed by atoms with van der Waals surface area (Å²) in [4.78, 5) is 30.8. The lowest BCUT2D eigenvalue weighted by Crippen LogP contribution is -2.39. The average molecular weight is 327 g/mol. The molecule has 1 atom stereocenters. The zero-order chi connectivity index (χ0) is 16.7. The Hall–Kier alpha value is -2.50. The molecule has 0 aliphatic carbocycles. The van der Waals surface area contributed by atoms with E-state index in [0.29, 0.717) is 32.5 Å². The Morgan fingerprint density at radius 2 is 2.17 bits per heavy atom. The molecule has 1 aromatic carbocycles. The first-order valence-electron chi connectivity index (χ1n) is 8.33. The predicted molar refractivity (Wildman–Crippen MR) is 89.7 cm³/mol. The smallest absolute Gasteiger partial charge is 0.410 e. The molecule has 1 spiro atoms. The van der Waals surface area contributed by atoms with E-state index in [4.69, 9.17) is 4.74 Å². The Balaban J connectivity index is 1.38. The van der Waals surface area contributed by atoms with Gasteiger partial charge in [-0.05, 0) is 18.1 Å². The van der Waals surface area contributed by atoms with Gasteiger partial charge in [0.15, 0.2) is 5.60 Å². The maximum Gasteiger partial charge on any atom is 0.410 e. The number of hydrogen-bond donors (Lipinski definition) is 1. The van der Waals surface area contributed by atoms with Gasteiger partial charge < -0.3 is 19.5 Å². The Kier molecular flexibility index (Phi) is 3.48. The molecule has 0 bridgehead atoms. The fraction of sp³-hybridized carbons (Fsp3) is 0.444. The van der Waals surface area contributed by atoms with Gasteiger partial charge in [0.2, 0.25) is 5.91 Å². The van der Waals surface area contributed by atoms with Crippen molar-refractivity contribution in [2.24, 2.45) is 0 Å². The molecule has 0 radical (unpaired) electrons. The summed E-state index contributed by atoms with van der Waals surface area (Å²) in [6, 6.07) is 8.12. The number of hydrogen-bond acceptors (Lipinski definition) is 3. The quantitative estimate of drug-likeness (QED) is 0.939. The second-order valence-corrected chi connectivity index (χ2v) is 6.83. The van der Waals surface area contributed by atoms with E-state index >= 15 is 0 Å². The molecule has 4 rings (SSSR count). The number of benzene rings is 1. The maximum absolute atomic E-state index is 12.5. The summed E-state index contributed by atoms with van der Waals surface area (Å²) in [7, 11) is 1.73. The summed E-state index contributed by atoms with van der Waals surface area (Å²) in [5.41, 5.74) is 1.77. The van der Waals surface area contributed by atoms with Gasteiger partial charge in [-0.25, -0.2) is 4.79 Å². The van der Waals surface area contributed by atoms with Crippen LogP contribution in [-0.2, 0) is 16.0 Å². The van der Waals surface area contributed by atoms with E-state index in [1.807, 2.05) is 29.3 Å². The van der Waals surface area contributed by atoms with Gasteiger partial charge >= 0.3 is 6.09 Å². The lowest BCUT2D eigenvalue weighted by molar-refractivity contribution is -0.130. The van der Waals surface area contributed by atoms with E-state index in [1.54, 1.807) is 11.9 Å². The van der Waals surface area contributed by atoms with E-state index in [1.165, 1.54) is 10.9 Å². The molecule has 2 fully saturated rings. The van der Waals surface area contributed by atoms with Gasteiger partial charge in [0, 0.05) is 43.5 Å². The van der Waals surface area contributed by atoms with Gasteiger partial charge in [0.25, 0.3) is 0 Å². The number of nitrogens with one attached hydrogen (secondary N) is 1. The minimum Gasteiger partial charge on any atom is -0.439 e. The largest absolute Gasteiger partial charge is 0.439 e. The number of aryl methyl sites for hydroxylation is 1. The predicted octanol–water partition coefficient (Wildman–Crippen LogP) is 2.15. The van der Waals surface area contributed by atoms with Crippen LogP contribution in [0.15, 0.2) is 30.5 Å². The fourth-order valence-corrected chi connectivity index (χ4v) is 3.80. The van der Waals surface area contributed by atoms with Crippen LogP contribution in [0.2, 0.25) is 0 Å². The second kappa shape index (κ2) is 5.54. The normalized spacial score (nSPS) is 23.5. The van der Waals surface area contributed by atoms with E-state index in [2.05, 4.69) is 11.1 Å². The molecule has 6 heteroatoms. The number of carbonyl (C=O) groups excluding carboxylic acids is 2. The van der Waals surface area contributed by atoms with Gasteiger partial charge in [-0.3, -0.25) is 4.79 Å². The number of nitrogens with zero attached hydrogens (tertiary/aromatic N) is 2. The SMILES string of the molecule is CN1CC2(CCN(C(=O)CCc3c[nH]c4ccccc34)C2)OC1=O. The molecule has 2 saturated heterocycles. The van der Waals surface area contributed by atoms with Crippen LogP contribution >= 0.6 is 0 Å². The highest BCUT2D eigenvalue weighted by atomic mass is 16.6. The Labute approximate surface area is 140 Å². The third-order valence-electron chi connectivity index (χ3n) is 5.09. The van der Waals surface area contributed by atoms with Gasteiger partial charge in [0.1, 0.15) is 0 Å². The lowest BCUT2D eigenvalue weighted by atomic mass is 10.0. The van der Waals surface area contributed by atoms with Crippen molar-refractivity contribution in [1.29, 1.82) is 0 Å². The zero-order valence-electron chi connectivity index (χ0n) is 13.7. The molecule has 126 valence electrons. The van der Waals surface area contributed by atoms with Crippen LogP contribution in [0.25, 0.3) is 10.9 Å². The molecule has 1 N–H and O–H groups in total. The number of likely N-dealkylation sites (tertiary alicyclic amines) is 1. The average Bonchev–Trinajstić information content (AvgIpc) is 3.24. The summed E-state index contributed by atoms with van der Waals surface area (Å²) in [5.74, 6) is 0.128. The molecular formula is C18H21N3O3. The van der Waals surface area contributed by atoms with Crippen LogP contribution in [0.1, 0.15) is 18.4 Å². The monoisotopic (exact) mass is 327 g/mol. The highest BCUT2D eigenvalue weighted by Crippen LogP contribution is 2.32. The second-order valence-electron chi connectivity index (χ2n) is 6.83. The van der Waals surface area contributed by atoms with Crippen LogP contribution in [0.5, 0.6) is 0 Å². The van der Waals surface area contributed by atoms with Crippen molar-refractivity contribution in [3.63, 3.8) is 0 Å². The number of ether oxygens (including phenoxy) is 1. The highest BCUT2D eigenvalue weighted by molar-refractivity contribution is 5.84. The van der Waals surface area contributed by atoms with Crippen LogP contribution in [0.3, 0.4) is 0 Å². The van der Waals surface area contributed by atoms with E-state index in [-0.39, 0.29) is 12.0 Å². The number of fused-ring (bicyclic) bond motifs is 1. The molecule has 2 amide bonds. The molecule has 2 aliphatic heterocycles. The van der Waals surface area contributed by atoms with Crippen molar-refractivity contribution in [2.75, 3.05) is 26.7 Å². The van der Waals surface area contributed by atoms with Crippen molar-refractivity contribution in [1.82, 2.24) is 14.8 Å².